The molecule has 8 heteroatoms. The first-order valence-electron chi connectivity index (χ1n) is 6.18. The molecule has 3 nitrogen and oxygen atoms in total. The van der Waals surface area contributed by atoms with Crippen LogP contribution >= 0.6 is 27.5 Å². The Morgan fingerprint density at radius 3 is 2.68 bits per heavy atom. The van der Waals surface area contributed by atoms with E-state index in [4.69, 9.17) is 11.6 Å². The number of halogens is 5. The molecule has 1 aliphatic heterocycles. The monoisotopic (exact) mass is 389 g/mol. The molecule has 0 bridgehead atoms. The number of alkyl halides is 3. The van der Waals surface area contributed by atoms with Crippen LogP contribution in [0.25, 0.3) is 0 Å². The summed E-state index contributed by atoms with van der Waals surface area (Å²) in [5.41, 5.74) is -0.340. The van der Waals surface area contributed by atoms with E-state index in [2.05, 4.69) is 31.2 Å². The summed E-state index contributed by atoms with van der Waals surface area (Å²) in [7, 11) is 0. The van der Waals surface area contributed by atoms with E-state index >= 15 is 0 Å². The highest BCUT2D eigenvalue weighted by atomic mass is 79.9. The topological polar surface area (TPSA) is 37.3 Å². The third-order valence-electron chi connectivity index (χ3n) is 3.13. The number of anilines is 1. The summed E-state index contributed by atoms with van der Waals surface area (Å²) in [5, 5.41) is 2.89. The highest BCUT2D eigenvalue weighted by Crippen LogP contribution is 2.38. The minimum atomic E-state index is -4.58. The van der Waals surface area contributed by atoms with E-state index in [0.717, 1.165) is 4.47 Å². The molecular formula is C14H8BrClF3N3. The van der Waals surface area contributed by atoms with Crippen LogP contribution in [0, 0.1) is 0 Å². The van der Waals surface area contributed by atoms with E-state index in [-0.39, 0.29) is 16.4 Å². The second-order valence-electron chi connectivity index (χ2n) is 4.60. The summed E-state index contributed by atoms with van der Waals surface area (Å²) in [6, 6.07) is 8.14. The van der Waals surface area contributed by atoms with Crippen LogP contribution in [0.2, 0.25) is 5.15 Å². The summed E-state index contributed by atoms with van der Waals surface area (Å²) in [6.07, 6.45) is -4.24. The first-order chi connectivity index (χ1) is 10.4. The van der Waals surface area contributed by atoms with Crippen molar-refractivity contribution in [2.75, 3.05) is 5.32 Å². The van der Waals surface area contributed by atoms with Crippen LogP contribution < -0.4 is 5.32 Å². The van der Waals surface area contributed by atoms with Crippen LogP contribution in [0.15, 0.2) is 46.0 Å². The molecule has 0 saturated heterocycles. The Bertz CT molecular complexity index is 761. The van der Waals surface area contributed by atoms with E-state index in [9.17, 15) is 13.2 Å². The molecule has 1 aromatic carbocycles. The zero-order chi connectivity index (χ0) is 15.9. The van der Waals surface area contributed by atoms with Crippen LogP contribution in [0.1, 0.15) is 17.3 Å². The van der Waals surface area contributed by atoms with Crippen molar-refractivity contribution in [1.82, 2.24) is 4.98 Å². The van der Waals surface area contributed by atoms with E-state index in [1.165, 1.54) is 12.3 Å². The van der Waals surface area contributed by atoms with Crippen LogP contribution in [-0.4, -0.2) is 16.9 Å². The number of pyridine rings is 1. The van der Waals surface area contributed by atoms with Gasteiger partial charge in [0, 0.05) is 16.2 Å². The predicted octanol–water partition coefficient (Wildman–Crippen LogP) is 4.97. The molecule has 22 heavy (non-hydrogen) atoms. The van der Waals surface area contributed by atoms with Gasteiger partial charge in [-0.25, -0.2) is 4.98 Å². The third kappa shape index (κ3) is 2.83. The van der Waals surface area contributed by atoms with E-state index < -0.39 is 18.1 Å². The van der Waals surface area contributed by atoms with E-state index in [1.54, 1.807) is 24.3 Å². The average molecular weight is 391 g/mol. The Hall–Kier alpha value is -1.60. The lowest BCUT2D eigenvalue weighted by atomic mass is 10.0. The lowest BCUT2D eigenvalue weighted by Crippen LogP contribution is -2.31. The molecule has 0 saturated carbocycles. The van der Waals surface area contributed by atoms with Gasteiger partial charge in [-0.2, -0.15) is 13.2 Å². The minimum Gasteiger partial charge on any atom is -0.357 e. The fourth-order valence-electron chi connectivity index (χ4n) is 2.20. The van der Waals surface area contributed by atoms with Crippen molar-refractivity contribution in [3.8, 4) is 0 Å². The number of nitrogens with one attached hydrogen (secondary N) is 1. The average Bonchev–Trinajstić information content (AvgIpc) is 2.46. The summed E-state index contributed by atoms with van der Waals surface area (Å²) in [5.74, 6) is 0. The Morgan fingerprint density at radius 1 is 1.23 bits per heavy atom. The molecule has 0 fully saturated rings. The van der Waals surface area contributed by atoms with Crippen molar-refractivity contribution < 1.29 is 13.2 Å². The molecule has 0 amide bonds. The highest BCUT2D eigenvalue weighted by molar-refractivity contribution is 9.10. The Kier molecular flexibility index (Phi) is 3.86. The maximum absolute atomic E-state index is 13.3. The number of rotatable bonds is 1. The summed E-state index contributed by atoms with van der Waals surface area (Å²) >= 11 is 9.23. The molecule has 0 radical (unpaired) electrons. The minimum absolute atomic E-state index is 0.0193. The van der Waals surface area contributed by atoms with Crippen molar-refractivity contribution >= 4 is 38.9 Å². The van der Waals surface area contributed by atoms with E-state index in [1.807, 2.05) is 0 Å². The molecule has 1 N–H and O–H groups in total. The zero-order valence-corrected chi connectivity index (χ0v) is 13.2. The largest absolute Gasteiger partial charge is 0.433 e. The SMILES string of the molecule is FC(F)(F)C1=NC(c2cccc(Br)c2)Nc2c1ccnc2Cl. The molecule has 0 spiro atoms. The number of aromatic nitrogens is 1. The maximum atomic E-state index is 13.3. The molecule has 1 atom stereocenters. The van der Waals surface area contributed by atoms with Gasteiger partial charge in [-0.3, -0.25) is 4.99 Å². The Morgan fingerprint density at radius 2 is 2.00 bits per heavy atom. The lowest BCUT2D eigenvalue weighted by molar-refractivity contribution is -0.0585. The van der Waals surface area contributed by atoms with Gasteiger partial charge < -0.3 is 5.32 Å². The van der Waals surface area contributed by atoms with Crippen LogP contribution in [-0.2, 0) is 0 Å². The number of hydrogen-bond acceptors (Lipinski definition) is 3. The molecule has 1 aliphatic rings. The van der Waals surface area contributed by atoms with Crippen molar-refractivity contribution in [3.05, 3.63) is 57.3 Å². The van der Waals surface area contributed by atoms with Gasteiger partial charge in [0.25, 0.3) is 0 Å². The van der Waals surface area contributed by atoms with Gasteiger partial charge in [0.15, 0.2) is 10.9 Å². The van der Waals surface area contributed by atoms with Gasteiger partial charge >= 0.3 is 6.18 Å². The first-order valence-corrected chi connectivity index (χ1v) is 7.35. The predicted molar refractivity (Wildman–Crippen MR) is 82.3 cm³/mol. The number of hydrogen-bond donors (Lipinski definition) is 1. The highest BCUT2D eigenvalue weighted by Gasteiger charge is 2.41. The fraction of sp³-hybridized carbons (Fsp3) is 0.143. The number of nitrogens with zero attached hydrogens (tertiary/aromatic N) is 2. The van der Waals surface area contributed by atoms with E-state index in [0.29, 0.717) is 5.56 Å². The molecule has 1 aromatic heterocycles. The van der Waals surface area contributed by atoms with Gasteiger partial charge in [-0.05, 0) is 23.8 Å². The van der Waals surface area contributed by atoms with Crippen molar-refractivity contribution in [2.24, 2.45) is 4.99 Å². The smallest absolute Gasteiger partial charge is 0.357 e. The molecular weight excluding hydrogens is 383 g/mol. The van der Waals surface area contributed by atoms with Crippen LogP contribution in [0.3, 0.4) is 0 Å². The van der Waals surface area contributed by atoms with Crippen molar-refractivity contribution in [2.45, 2.75) is 12.3 Å². The molecule has 114 valence electrons. The summed E-state index contributed by atoms with van der Waals surface area (Å²) in [4.78, 5) is 7.65. The Labute approximate surface area is 137 Å². The Balaban J connectivity index is 2.15. The summed E-state index contributed by atoms with van der Waals surface area (Å²) < 4.78 is 40.6. The number of aliphatic imine (C=N–C) groups is 1. The quantitative estimate of drug-likeness (QED) is 0.698. The van der Waals surface area contributed by atoms with Gasteiger partial charge in [-0.15, -0.1) is 0 Å². The van der Waals surface area contributed by atoms with Crippen LogP contribution in [0.4, 0.5) is 18.9 Å². The number of fused-ring (bicyclic) bond motifs is 1. The van der Waals surface area contributed by atoms with Gasteiger partial charge in [-0.1, -0.05) is 39.7 Å². The van der Waals surface area contributed by atoms with Gasteiger partial charge in [0.1, 0.15) is 6.17 Å². The van der Waals surface area contributed by atoms with Crippen molar-refractivity contribution in [1.29, 1.82) is 0 Å². The molecule has 2 heterocycles. The molecule has 2 aromatic rings. The number of benzene rings is 1. The standard InChI is InChI=1S/C14H8BrClF3N3/c15-8-3-1-2-7(6-8)13-21-10-9(4-5-20-12(10)16)11(22-13)14(17,18)19/h1-6,13,21H. The molecule has 1 unspecified atom stereocenters. The van der Waals surface area contributed by atoms with Crippen molar-refractivity contribution in [3.63, 3.8) is 0 Å². The summed E-state index contributed by atoms with van der Waals surface area (Å²) in [6.45, 7) is 0. The fourth-order valence-corrected chi connectivity index (χ4v) is 2.83. The molecule has 3 rings (SSSR count). The first kappa shape index (κ1) is 15.3. The molecule has 0 aliphatic carbocycles. The third-order valence-corrected chi connectivity index (χ3v) is 3.91. The normalized spacial score (nSPS) is 17.5. The lowest BCUT2D eigenvalue weighted by Gasteiger charge is -2.27. The zero-order valence-electron chi connectivity index (χ0n) is 10.8. The maximum Gasteiger partial charge on any atom is 0.433 e. The van der Waals surface area contributed by atoms with Gasteiger partial charge in [0.2, 0.25) is 0 Å². The second kappa shape index (κ2) is 5.55. The van der Waals surface area contributed by atoms with Crippen LogP contribution in [0.5, 0.6) is 0 Å². The van der Waals surface area contributed by atoms with Gasteiger partial charge in [0.05, 0.1) is 5.69 Å². The second-order valence-corrected chi connectivity index (χ2v) is 5.88.